The number of halogens is 1. The maximum absolute atomic E-state index is 13.2. The van der Waals surface area contributed by atoms with Gasteiger partial charge in [0.15, 0.2) is 0 Å². The highest BCUT2D eigenvalue weighted by atomic mass is 32.1. The van der Waals surface area contributed by atoms with Gasteiger partial charge in [-0.25, -0.2) is 9.37 Å². The molecule has 0 saturated carbocycles. The number of hydrogen-bond donors (Lipinski definition) is 2. The Morgan fingerprint density at radius 2 is 2.07 bits per heavy atom. The molecule has 6 nitrogen and oxygen atoms in total. The third-order valence-electron chi connectivity index (χ3n) is 3.69. The van der Waals surface area contributed by atoms with E-state index in [4.69, 9.17) is 4.74 Å². The van der Waals surface area contributed by atoms with Crippen LogP contribution < -0.4 is 15.4 Å². The summed E-state index contributed by atoms with van der Waals surface area (Å²) >= 11 is 1.47. The van der Waals surface area contributed by atoms with Crippen LogP contribution in [0.15, 0.2) is 60.1 Å². The summed E-state index contributed by atoms with van der Waals surface area (Å²) in [6.45, 7) is 1.42. The number of hydrogen-bond acceptors (Lipinski definition) is 5. The minimum atomic E-state index is -0.402. The van der Waals surface area contributed by atoms with Crippen LogP contribution in [0.25, 0.3) is 0 Å². The molecular formula is C20H18FN3O3S. The van der Waals surface area contributed by atoms with Crippen molar-refractivity contribution in [3.05, 3.63) is 70.8 Å². The Bertz CT molecular complexity index is 946. The lowest BCUT2D eigenvalue weighted by atomic mass is 10.1. The largest absolute Gasteiger partial charge is 0.439 e. The summed E-state index contributed by atoms with van der Waals surface area (Å²) < 4.78 is 18.7. The van der Waals surface area contributed by atoms with Gasteiger partial charge in [0, 0.05) is 23.9 Å². The summed E-state index contributed by atoms with van der Waals surface area (Å²) in [5.41, 5.74) is 0.490. The van der Waals surface area contributed by atoms with Crippen LogP contribution in [-0.4, -0.2) is 16.8 Å². The van der Waals surface area contributed by atoms with E-state index in [-0.39, 0.29) is 30.2 Å². The lowest BCUT2D eigenvalue weighted by molar-refractivity contribution is -0.120. The summed E-state index contributed by atoms with van der Waals surface area (Å²) in [5.74, 6) is -0.253. The summed E-state index contributed by atoms with van der Waals surface area (Å²) in [4.78, 5) is 28.8. The number of amides is 2. The van der Waals surface area contributed by atoms with Gasteiger partial charge in [-0.05, 0) is 29.6 Å². The van der Waals surface area contributed by atoms with Crippen molar-refractivity contribution in [3.8, 4) is 11.6 Å². The number of nitrogens with one attached hydrogen (secondary N) is 2. The molecule has 0 aliphatic rings. The van der Waals surface area contributed by atoms with Crippen LogP contribution >= 0.6 is 11.3 Å². The molecule has 0 unspecified atom stereocenters. The first kappa shape index (κ1) is 19.5. The Morgan fingerprint density at radius 3 is 2.71 bits per heavy atom. The molecule has 1 aromatic carbocycles. The number of benzene rings is 1. The Kier molecular flexibility index (Phi) is 6.33. The van der Waals surface area contributed by atoms with Crippen molar-refractivity contribution < 1.29 is 18.7 Å². The quantitative estimate of drug-likeness (QED) is 0.621. The number of rotatable bonds is 7. The molecule has 2 heterocycles. The SMILES string of the molecule is CC(=O)N[C@H](CC(=O)Nc1ccc(Oc2cccc(F)c2)nc1)c1cccs1. The second-order valence-electron chi connectivity index (χ2n) is 5.97. The molecule has 3 aromatic rings. The van der Waals surface area contributed by atoms with E-state index in [9.17, 15) is 14.0 Å². The predicted octanol–water partition coefficient (Wildman–Crippen LogP) is 4.28. The van der Waals surface area contributed by atoms with Crippen LogP contribution in [0, 0.1) is 5.82 Å². The van der Waals surface area contributed by atoms with Gasteiger partial charge >= 0.3 is 0 Å². The average Bonchev–Trinajstić information content (AvgIpc) is 3.17. The van der Waals surface area contributed by atoms with Gasteiger partial charge in [0.2, 0.25) is 17.7 Å². The number of aromatic nitrogens is 1. The van der Waals surface area contributed by atoms with Crippen molar-refractivity contribution in [3.63, 3.8) is 0 Å². The lowest BCUT2D eigenvalue weighted by Gasteiger charge is -2.16. The predicted molar refractivity (Wildman–Crippen MR) is 105 cm³/mol. The highest BCUT2D eigenvalue weighted by Gasteiger charge is 2.18. The van der Waals surface area contributed by atoms with Gasteiger partial charge in [-0.2, -0.15) is 0 Å². The molecule has 0 radical (unpaired) electrons. The van der Waals surface area contributed by atoms with E-state index in [2.05, 4.69) is 15.6 Å². The molecule has 2 amide bonds. The second-order valence-corrected chi connectivity index (χ2v) is 6.94. The zero-order valence-corrected chi connectivity index (χ0v) is 15.8. The summed E-state index contributed by atoms with van der Waals surface area (Å²) in [7, 11) is 0. The van der Waals surface area contributed by atoms with Gasteiger partial charge in [0.25, 0.3) is 0 Å². The molecule has 0 spiro atoms. The third kappa shape index (κ3) is 5.62. The number of anilines is 1. The highest BCUT2D eigenvalue weighted by molar-refractivity contribution is 7.10. The molecule has 0 aliphatic carbocycles. The maximum Gasteiger partial charge on any atom is 0.226 e. The number of thiophene rings is 1. The number of carbonyl (C=O) groups excluding carboxylic acids is 2. The average molecular weight is 399 g/mol. The lowest BCUT2D eigenvalue weighted by Crippen LogP contribution is -2.29. The van der Waals surface area contributed by atoms with Gasteiger partial charge < -0.3 is 15.4 Å². The molecule has 0 saturated heterocycles. The van der Waals surface area contributed by atoms with E-state index in [0.29, 0.717) is 11.4 Å². The van der Waals surface area contributed by atoms with Crippen molar-refractivity contribution in [1.82, 2.24) is 10.3 Å². The van der Waals surface area contributed by atoms with Crippen molar-refractivity contribution in [1.29, 1.82) is 0 Å². The molecule has 2 aromatic heterocycles. The van der Waals surface area contributed by atoms with Crippen LogP contribution in [0.1, 0.15) is 24.3 Å². The molecule has 2 N–H and O–H groups in total. The highest BCUT2D eigenvalue weighted by Crippen LogP contribution is 2.24. The van der Waals surface area contributed by atoms with E-state index in [0.717, 1.165) is 4.88 Å². The summed E-state index contributed by atoms with van der Waals surface area (Å²) in [5, 5.41) is 7.42. The second kappa shape index (κ2) is 9.09. The van der Waals surface area contributed by atoms with Crippen LogP contribution in [0.2, 0.25) is 0 Å². The van der Waals surface area contributed by atoms with Gasteiger partial charge in [-0.15, -0.1) is 11.3 Å². The van der Waals surface area contributed by atoms with Crippen LogP contribution in [0.3, 0.4) is 0 Å². The fraction of sp³-hybridized carbons (Fsp3) is 0.150. The number of ether oxygens (including phenoxy) is 1. The maximum atomic E-state index is 13.2. The van der Waals surface area contributed by atoms with Crippen LogP contribution in [-0.2, 0) is 9.59 Å². The summed E-state index contributed by atoms with van der Waals surface area (Å²) in [6, 6.07) is 12.3. The molecule has 144 valence electrons. The fourth-order valence-electron chi connectivity index (χ4n) is 2.52. The molecule has 3 rings (SSSR count). The molecule has 8 heteroatoms. The van der Waals surface area contributed by atoms with Gasteiger partial charge in [0.1, 0.15) is 11.6 Å². The molecule has 0 fully saturated rings. The molecule has 0 aliphatic heterocycles. The fourth-order valence-corrected chi connectivity index (χ4v) is 3.30. The van der Waals surface area contributed by atoms with E-state index in [1.54, 1.807) is 24.3 Å². The topological polar surface area (TPSA) is 80.3 Å². The molecule has 1 atom stereocenters. The number of carbonyl (C=O) groups is 2. The van der Waals surface area contributed by atoms with Gasteiger partial charge in [0.05, 0.1) is 24.3 Å². The number of pyridine rings is 1. The third-order valence-corrected chi connectivity index (χ3v) is 4.68. The Labute approximate surface area is 165 Å². The standard InChI is InChI=1S/C20H18FN3O3S/c1-13(25)23-17(18-6-3-9-28-18)11-19(26)24-15-7-8-20(22-12-15)27-16-5-2-4-14(21)10-16/h2-10,12,17H,11H2,1H3,(H,23,25)(H,24,26)/t17-/m1/s1. The minimum Gasteiger partial charge on any atom is -0.439 e. The molecular weight excluding hydrogens is 381 g/mol. The Morgan fingerprint density at radius 1 is 1.21 bits per heavy atom. The van der Waals surface area contributed by atoms with Crippen LogP contribution in [0.4, 0.5) is 10.1 Å². The van der Waals surface area contributed by atoms with E-state index >= 15 is 0 Å². The van der Waals surface area contributed by atoms with E-state index in [1.165, 1.54) is 36.6 Å². The minimum absolute atomic E-state index is 0.0988. The van der Waals surface area contributed by atoms with Crippen molar-refractivity contribution in [2.24, 2.45) is 0 Å². The first-order chi connectivity index (χ1) is 13.5. The van der Waals surface area contributed by atoms with Gasteiger partial charge in [-0.1, -0.05) is 12.1 Å². The van der Waals surface area contributed by atoms with Crippen molar-refractivity contribution in [2.45, 2.75) is 19.4 Å². The zero-order valence-electron chi connectivity index (χ0n) is 15.0. The first-order valence-corrected chi connectivity index (χ1v) is 9.37. The molecule has 0 bridgehead atoms. The monoisotopic (exact) mass is 399 g/mol. The van der Waals surface area contributed by atoms with Crippen molar-refractivity contribution >= 4 is 28.8 Å². The summed E-state index contributed by atoms with van der Waals surface area (Å²) in [6.07, 6.45) is 1.55. The Hall–Kier alpha value is -3.26. The van der Waals surface area contributed by atoms with E-state index in [1.807, 2.05) is 17.5 Å². The van der Waals surface area contributed by atoms with Gasteiger partial charge in [-0.3, -0.25) is 9.59 Å². The van der Waals surface area contributed by atoms with E-state index < -0.39 is 5.82 Å². The number of nitrogens with zero attached hydrogens (tertiary/aromatic N) is 1. The first-order valence-electron chi connectivity index (χ1n) is 8.49. The molecule has 28 heavy (non-hydrogen) atoms. The van der Waals surface area contributed by atoms with Crippen molar-refractivity contribution in [2.75, 3.05) is 5.32 Å². The Balaban J connectivity index is 1.59. The van der Waals surface area contributed by atoms with Crippen LogP contribution in [0.5, 0.6) is 11.6 Å². The zero-order chi connectivity index (χ0) is 19.9. The smallest absolute Gasteiger partial charge is 0.226 e. The normalized spacial score (nSPS) is 11.5.